The summed E-state index contributed by atoms with van der Waals surface area (Å²) in [4.78, 5) is 0. The fraction of sp³-hybridized carbons (Fsp3) is 0.250. The minimum Gasteiger partial charge on any atom is -0.386 e. The predicted molar refractivity (Wildman–Crippen MR) is 48.4 cm³/mol. The number of hydrogen-bond donors (Lipinski definition) is 3. The van der Waals surface area contributed by atoms with E-state index in [9.17, 15) is 0 Å². The van der Waals surface area contributed by atoms with Crippen LogP contribution in [0.1, 0.15) is 6.92 Å². The number of allylic oxidation sites excluding steroid dienone is 3. The monoisotopic (exact) mass is 153 g/mol. The lowest BCUT2D eigenvalue weighted by Crippen LogP contribution is -2.24. The number of hydrazine groups is 1. The van der Waals surface area contributed by atoms with Gasteiger partial charge in [-0.05, 0) is 19.1 Å². The summed E-state index contributed by atoms with van der Waals surface area (Å²) < 4.78 is 0. The molecule has 0 aromatic rings. The number of hydrogen-bond acceptors (Lipinski definition) is 3. The van der Waals surface area contributed by atoms with E-state index in [-0.39, 0.29) is 0 Å². The molecule has 0 atom stereocenters. The zero-order valence-electron chi connectivity index (χ0n) is 7.02. The van der Waals surface area contributed by atoms with Crippen LogP contribution in [0.2, 0.25) is 0 Å². The van der Waals surface area contributed by atoms with Gasteiger partial charge in [0.15, 0.2) is 0 Å². The van der Waals surface area contributed by atoms with Gasteiger partial charge in [0.2, 0.25) is 0 Å². The Labute approximate surface area is 67.6 Å². The normalized spacial score (nSPS) is 12.6. The first kappa shape index (κ1) is 9.78. The van der Waals surface area contributed by atoms with Gasteiger partial charge < -0.3 is 10.7 Å². The molecular formula is C8H15N3. The van der Waals surface area contributed by atoms with Gasteiger partial charge in [0.1, 0.15) is 0 Å². The first-order valence-corrected chi connectivity index (χ1v) is 3.43. The average molecular weight is 153 g/mol. The first-order chi connectivity index (χ1) is 5.29. The lowest BCUT2D eigenvalue weighted by Gasteiger charge is -2.06. The highest BCUT2D eigenvalue weighted by Gasteiger charge is 1.93. The summed E-state index contributed by atoms with van der Waals surface area (Å²) in [5.74, 6) is 5.26. The average Bonchev–Trinajstić information content (AvgIpc) is 2.05. The van der Waals surface area contributed by atoms with Crippen molar-refractivity contribution in [1.29, 1.82) is 0 Å². The van der Waals surface area contributed by atoms with Crippen molar-refractivity contribution < 1.29 is 0 Å². The van der Waals surface area contributed by atoms with Crippen LogP contribution in [0.15, 0.2) is 36.2 Å². The van der Waals surface area contributed by atoms with Crippen LogP contribution < -0.4 is 16.6 Å². The molecule has 0 rings (SSSR count). The van der Waals surface area contributed by atoms with Gasteiger partial charge >= 0.3 is 0 Å². The number of likely N-dealkylation sites (N-methyl/N-ethyl adjacent to an activating group) is 1. The van der Waals surface area contributed by atoms with Gasteiger partial charge in [-0.25, -0.2) is 0 Å². The van der Waals surface area contributed by atoms with Gasteiger partial charge in [-0.3, -0.25) is 5.84 Å². The highest BCUT2D eigenvalue weighted by molar-refractivity contribution is 5.28. The molecule has 0 aliphatic carbocycles. The molecule has 0 aromatic carbocycles. The van der Waals surface area contributed by atoms with Crippen LogP contribution in [0.25, 0.3) is 0 Å². The fourth-order valence-electron chi connectivity index (χ4n) is 0.729. The third-order valence-electron chi connectivity index (χ3n) is 1.25. The summed E-state index contributed by atoms with van der Waals surface area (Å²) in [5, 5.41) is 2.96. The number of rotatable bonds is 4. The van der Waals surface area contributed by atoms with Crippen molar-refractivity contribution in [2.24, 2.45) is 5.84 Å². The quantitative estimate of drug-likeness (QED) is 0.315. The molecule has 11 heavy (non-hydrogen) atoms. The third-order valence-corrected chi connectivity index (χ3v) is 1.25. The summed E-state index contributed by atoms with van der Waals surface area (Å²) >= 11 is 0. The Kier molecular flexibility index (Phi) is 4.94. The van der Waals surface area contributed by atoms with Crippen molar-refractivity contribution in [2.75, 3.05) is 7.05 Å². The molecule has 0 saturated heterocycles. The van der Waals surface area contributed by atoms with Crippen LogP contribution in [0.4, 0.5) is 0 Å². The summed E-state index contributed by atoms with van der Waals surface area (Å²) in [5.41, 5.74) is 4.27. The van der Waals surface area contributed by atoms with E-state index >= 15 is 0 Å². The molecule has 0 fully saturated rings. The molecular weight excluding hydrogens is 138 g/mol. The van der Waals surface area contributed by atoms with Crippen LogP contribution >= 0.6 is 0 Å². The Morgan fingerprint density at radius 3 is 2.36 bits per heavy atom. The summed E-state index contributed by atoms with van der Waals surface area (Å²) in [6, 6.07) is 0. The lowest BCUT2D eigenvalue weighted by molar-refractivity contribution is 0.869. The second-order valence-electron chi connectivity index (χ2n) is 1.93. The topological polar surface area (TPSA) is 50.1 Å². The van der Waals surface area contributed by atoms with E-state index in [1.165, 1.54) is 0 Å². The molecule has 0 aliphatic heterocycles. The molecule has 4 N–H and O–H groups in total. The molecule has 0 amide bonds. The van der Waals surface area contributed by atoms with Crippen LogP contribution in [-0.4, -0.2) is 7.05 Å². The van der Waals surface area contributed by atoms with E-state index in [0.717, 1.165) is 11.4 Å². The molecule has 0 spiro atoms. The summed E-state index contributed by atoms with van der Waals surface area (Å²) in [6.45, 7) is 5.56. The Balaban J connectivity index is 4.61. The van der Waals surface area contributed by atoms with Gasteiger partial charge in [0.25, 0.3) is 0 Å². The molecule has 0 aliphatic rings. The summed E-state index contributed by atoms with van der Waals surface area (Å²) in [6.07, 6.45) is 5.47. The molecule has 3 nitrogen and oxygen atoms in total. The number of nitrogens with two attached hydrogens (primary N) is 1. The Bertz CT molecular complexity index is 180. The van der Waals surface area contributed by atoms with Crippen molar-refractivity contribution >= 4 is 0 Å². The van der Waals surface area contributed by atoms with Crippen molar-refractivity contribution in [3.8, 4) is 0 Å². The zero-order valence-corrected chi connectivity index (χ0v) is 7.02. The Morgan fingerprint density at radius 2 is 2.09 bits per heavy atom. The molecule has 0 aromatic heterocycles. The molecule has 0 bridgehead atoms. The smallest absolute Gasteiger partial charge is 0.0714 e. The van der Waals surface area contributed by atoms with E-state index in [4.69, 9.17) is 5.84 Å². The van der Waals surface area contributed by atoms with E-state index in [1.807, 2.05) is 26.1 Å². The van der Waals surface area contributed by atoms with E-state index in [1.54, 1.807) is 6.08 Å². The van der Waals surface area contributed by atoms with Crippen LogP contribution in [0.5, 0.6) is 0 Å². The van der Waals surface area contributed by atoms with Crippen molar-refractivity contribution in [3.05, 3.63) is 36.2 Å². The molecule has 0 radical (unpaired) electrons. The van der Waals surface area contributed by atoms with Crippen LogP contribution in [0.3, 0.4) is 0 Å². The predicted octanol–water partition coefficient (Wildman–Crippen LogP) is 0.643. The summed E-state index contributed by atoms with van der Waals surface area (Å²) in [7, 11) is 1.82. The molecule has 62 valence electrons. The van der Waals surface area contributed by atoms with Gasteiger partial charge in [-0.2, -0.15) is 0 Å². The molecule has 0 heterocycles. The van der Waals surface area contributed by atoms with Crippen LogP contribution in [0, 0.1) is 0 Å². The Morgan fingerprint density at radius 1 is 1.45 bits per heavy atom. The van der Waals surface area contributed by atoms with E-state index in [2.05, 4.69) is 17.3 Å². The number of nitrogens with one attached hydrogen (secondary N) is 2. The van der Waals surface area contributed by atoms with Crippen molar-refractivity contribution in [3.63, 3.8) is 0 Å². The highest BCUT2D eigenvalue weighted by Crippen LogP contribution is 1.98. The molecule has 0 unspecified atom stereocenters. The maximum atomic E-state index is 5.26. The maximum Gasteiger partial charge on any atom is 0.0714 e. The zero-order chi connectivity index (χ0) is 8.69. The molecule has 0 saturated carbocycles. The van der Waals surface area contributed by atoms with Crippen LogP contribution in [-0.2, 0) is 0 Å². The van der Waals surface area contributed by atoms with E-state index < -0.39 is 0 Å². The van der Waals surface area contributed by atoms with Gasteiger partial charge in [0, 0.05) is 7.05 Å². The largest absolute Gasteiger partial charge is 0.386 e. The van der Waals surface area contributed by atoms with Crippen molar-refractivity contribution in [1.82, 2.24) is 10.7 Å². The maximum absolute atomic E-state index is 5.26. The van der Waals surface area contributed by atoms with E-state index in [0.29, 0.717) is 0 Å². The second-order valence-corrected chi connectivity index (χ2v) is 1.93. The SMILES string of the molecule is C=C/C(NC)=C(\C=C/C)NN. The molecule has 3 heteroatoms. The van der Waals surface area contributed by atoms with Crippen molar-refractivity contribution in [2.45, 2.75) is 6.92 Å². The second kappa shape index (κ2) is 5.56. The highest BCUT2D eigenvalue weighted by atomic mass is 15.2. The minimum absolute atomic E-state index is 0.824. The van der Waals surface area contributed by atoms with Gasteiger partial charge in [-0.15, -0.1) is 0 Å². The van der Waals surface area contributed by atoms with Gasteiger partial charge in [-0.1, -0.05) is 12.7 Å². The third kappa shape index (κ3) is 2.91. The fourth-order valence-corrected chi connectivity index (χ4v) is 0.729. The first-order valence-electron chi connectivity index (χ1n) is 3.43. The minimum atomic E-state index is 0.824. The Hall–Kier alpha value is -1.22. The van der Waals surface area contributed by atoms with Gasteiger partial charge in [0.05, 0.1) is 11.4 Å². The lowest BCUT2D eigenvalue weighted by atomic mass is 10.3. The standard InChI is InChI=1S/C8H15N3/c1-4-6-8(11-9)7(5-2)10-3/h4-6,10-11H,2,9H2,1,3H3/b6-4-,8-7-.